The van der Waals surface area contributed by atoms with Crippen LogP contribution in [0.15, 0.2) is 29.2 Å². The van der Waals surface area contributed by atoms with E-state index in [1.807, 2.05) is 12.1 Å². The lowest BCUT2D eigenvalue weighted by molar-refractivity contribution is 0.0961. The van der Waals surface area contributed by atoms with Gasteiger partial charge in [-0.1, -0.05) is 25.4 Å². The summed E-state index contributed by atoms with van der Waals surface area (Å²) in [6.07, 6.45) is 8.01. The molecule has 2 aromatic rings. The summed E-state index contributed by atoms with van der Waals surface area (Å²) in [6, 6.07) is 5.42. The second kappa shape index (κ2) is 7.38. The molecule has 0 amide bonds. The molecule has 1 fully saturated rings. The predicted molar refractivity (Wildman–Crippen MR) is 103 cm³/mol. The molecule has 0 spiro atoms. The van der Waals surface area contributed by atoms with Gasteiger partial charge in [0.1, 0.15) is 5.75 Å². The fraction of sp³-hybridized carbons (Fsp3) is 0.550. The number of benzene rings is 1. The molecule has 0 bridgehead atoms. The molecule has 0 atom stereocenters. The van der Waals surface area contributed by atoms with Crippen molar-refractivity contribution in [2.24, 2.45) is 11.7 Å². The summed E-state index contributed by atoms with van der Waals surface area (Å²) in [5.74, 6) is 1.22. The minimum absolute atomic E-state index is 0.0490. The monoisotopic (exact) mass is 362 g/mol. The maximum atomic E-state index is 11.9. The number of nitrogens with one attached hydrogen (secondary N) is 1. The number of pyridine rings is 1. The van der Waals surface area contributed by atoms with E-state index < -0.39 is 0 Å². The maximum absolute atomic E-state index is 11.9. The molecule has 1 aliphatic rings. The average Bonchev–Trinajstić information content (AvgIpc) is 2.63. The molecule has 4 nitrogen and oxygen atoms in total. The van der Waals surface area contributed by atoms with Crippen LogP contribution in [0.5, 0.6) is 5.75 Å². The Morgan fingerprint density at radius 3 is 2.56 bits per heavy atom. The zero-order valence-corrected chi connectivity index (χ0v) is 15.7. The minimum Gasteiger partial charge on any atom is -0.489 e. The zero-order valence-electron chi connectivity index (χ0n) is 15.0. The van der Waals surface area contributed by atoms with E-state index in [4.69, 9.17) is 22.1 Å². The van der Waals surface area contributed by atoms with Gasteiger partial charge in [-0.15, -0.1) is 0 Å². The van der Waals surface area contributed by atoms with Crippen molar-refractivity contribution < 1.29 is 4.74 Å². The Kier molecular flexibility index (Phi) is 5.40. The highest BCUT2D eigenvalue weighted by Crippen LogP contribution is 2.38. The number of hydrogen-bond acceptors (Lipinski definition) is 3. The number of halogens is 1. The molecular formula is C20H27ClN2O2. The van der Waals surface area contributed by atoms with Crippen LogP contribution in [0, 0.1) is 5.92 Å². The molecule has 136 valence electrons. The summed E-state index contributed by atoms with van der Waals surface area (Å²) in [5.41, 5.74) is 6.39. The summed E-state index contributed by atoms with van der Waals surface area (Å²) < 4.78 is 6.18. The van der Waals surface area contributed by atoms with Crippen molar-refractivity contribution in [1.29, 1.82) is 0 Å². The zero-order chi connectivity index (χ0) is 18.0. The lowest BCUT2D eigenvalue weighted by Gasteiger charge is -2.40. The summed E-state index contributed by atoms with van der Waals surface area (Å²) in [6.45, 7) is 4.37. The molecule has 0 radical (unpaired) electrons. The molecule has 0 unspecified atom stereocenters. The molecule has 25 heavy (non-hydrogen) atoms. The Balaban J connectivity index is 1.71. The second-order valence-corrected chi connectivity index (χ2v) is 7.62. The van der Waals surface area contributed by atoms with Gasteiger partial charge in [-0.2, -0.15) is 0 Å². The normalized spacial score (nSPS) is 21.4. The number of H-pyrrole nitrogens is 1. The van der Waals surface area contributed by atoms with Crippen molar-refractivity contribution >= 4 is 22.4 Å². The fourth-order valence-corrected chi connectivity index (χ4v) is 4.25. The number of ether oxygens (including phenoxy) is 1. The van der Waals surface area contributed by atoms with E-state index in [0.717, 1.165) is 43.9 Å². The number of hydrogen-bond donors (Lipinski definition) is 2. The Labute approximate surface area is 153 Å². The number of aromatic amines is 1. The van der Waals surface area contributed by atoms with Crippen LogP contribution in [0.4, 0.5) is 0 Å². The Hall–Kier alpha value is -1.52. The van der Waals surface area contributed by atoms with Gasteiger partial charge in [0.2, 0.25) is 0 Å². The van der Waals surface area contributed by atoms with Crippen LogP contribution in [-0.4, -0.2) is 16.6 Å². The van der Waals surface area contributed by atoms with Gasteiger partial charge < -0.3 is 15.5 Å². The largest absolute Gasteiger partial charge is 0.489 e. The van der Waals surface area contributed by atoms with E-state index in [-0.39, 0.29) is 17.2 Å². The van der Waals surface area contributed by atoms with E-state index in [1.165, 1.54) is 0 Å². The smallest absolute Gasteiger partial charge is 0.255 e. The topological polar surface area (TPSA) is 68.1 Å². The first-order valence-electron chi connectivity index (χ1n) is 9.23. The van der Waals surface area contributed by atoms with E-state index >= 15 is 0 Å². The molecule has 1 aromatic heterocycles. The highest BCUT2D eigenvalue weighted by molar-refractivity contribution is 6.32. The summed E-state index contributed by atoms with van der Waals surface area (Å²) in [7, 11) is 0. The number of aromatic nitrogens is 1. The Morgan fingerprint density at radius 2 is 1.92 bits per heavy atom. The molecule has 0 saturated heterocycles. The third-order valence-corrected chi connectivity index (χ3v) is 6.22. The third-order valence-electron chi connectivity index (χ3n) is 5.92. The van der Waals surface area contributed by atoms with Crippen molar-refractivity contribution in [1.82, 2.24) is 4.98 Å². The first kappa shape index (κ1) is 18.3. The van der Waals surface area contributed by atoms with E-state index in [9.17, 15) is 4.79 Å². The maximum Gasteiger partial charge on any atom is 0.255 e. The van der Waals surface area contributed by atoms with Crippen molar-refractivity contribution in [2.45, 2.75) is 64.0 Å². The van der Waals surface area contributed by atoms with Crippen LogP contribution in [-0.2, 0) is 0 Å². The highest BCUT2D eigenvalue weighted by atomic mass is 35.5. The summed E-state index contributed by atoms with van der Waals surface area (Å²) in [5, 5.41) is 1.92. The average molecular weight is 363 g/mol. The van der Waals surface area contributed by atoms with Crippen LogP contribution >= 0.6 is 11.6 Å². The Morgan fingerprint density at radius 1 is 1.24 bits per heavy atom. The van der Waals surface area contributed by atoms with Gasteiger partial charge in [0, 0.05) is 17.1 Å². The molecule has 3 N–H and O–H groups in total. The molecule has 0 aliphatic heterocycles. The Bertz CT molecular complexity index is 790. The second-order valence-electron chi connectivity index (χ2n) is 7.21. The molecule has 3 rings (SSSR count). The van der Waals surface area contributed by atoms with Gasteiger partial charge >= 0.3 is 0 Å². The third kappa shape index (κ3) is 3.70. The molecule has 1 heterocycles. The first-order valence-corrected chi connectivity index (χ1v) is 9.61. The van der Waals surface area contributed by atoms with Crippen LogP contribution < -0.4 is 16.0 Å². The van der Waals surface area contributed by atoms with Gasteiger partial charge in [0.15, 0.2) is 0 Å². The molecular weight excluding hydrogens is 336 g/mol. The van der Waals surface area contributed by atoms with E-state index in [2.05, 4.69) is 18.8 Å². The summed E-state index contributed by atoms with van der Waals surface area (Å²) in [4.78, 5) is 14.5. The number of nitrogens with two attached hydrogens (primary N) is 1. The van der Waals surface area contributed by atoms with Gasteiger partial charge in [-0.3, -0.25) is 4.79 Å². The van der Waals surface area contributed by atoms with E-state index in [1.54, 1.807) is 12.3 Å². The lowest BCUT2D eigenvalue weighted by atomic mass is 9.72. The van der Waals surface area contributed by atoms with Gasteiger partial charge in [0.25, 0.3) is 5.56 Å². The van der Waals surface area contributed by atoms with Crippen LogP contribution in [0.25, 0.3) is 10.8 Å². The standard InChI is InChI=1S/C20H27ClN2O2/c1-3-20(22,4-2)14-5-7-15(8-6-14)25-18-11-13-9-10-23-19(24)16(13)12-17(18)21/h9-12,14-15H,3-8,22H2,1-2H3,(H,23,24). The number of fused-ring (bicyclic) bond motifs is 1. The predicted octanol–water partition coefficient (Wildman–Crippen LogP) is 4.64. The van der Waals surface area contributed by atoms with E-state index in [0.29, 0.717) is 22.1 Å². The molecule has 5 heteroatoms. The van der Waals surface area contributed by atoms with Crippen molar-refractivity contribution in [3.63, 3.8) is 0 Å². The first-order chi connectivity index (χ1) is 12.0. The fourth-order valence-electron chi connectivity index (χ4n) is 4.04. The minimum atomic E-state index is -0.134. The SMILES string of the molecule is CCC(N)(CC)C1CCC(Oc2cc3cc[nH]c(=O)c3cc2Cl)CC1. The summed E-state index contributed by atoms with van der Waals surface area (Å²) >= 11 is 6.34. The van der Waals surface area contributed by atoms with Crippen LogP contribution in [0.1, 0.15) is 52.4 Å². The molecule has 1 aliphatic carbocycles. The van der Waals surface area contributed by atoms with Crippen LogP contribution in [0.2, 0.25) is 5.02 Å². The van der Waals surface area contributed by atoms with Crippen molar-refractivity contribution in [2.75, 3.05) is 0 Å². The van der Waals surface area contributed by atoms with Crippen molar-refractivity contribution in [3.8, 4) is 5.75 Å². The van der Waals surface area contributed by atoms with Crippen molar-refractivity contribution in [3.05, 3.63) is 39.8 Å². The van der Waals surface area contributed by atoms with Gasteiger partial charge in [-0.25, -0.2) is 0 Å². The van der Waals surface area contributed by atoms with Crippen LogP contribution in [0.3, 0.4) is 0 Å². The van der Waals surface area contributed by atoms with Gasteiger partial charge in [-0.05, 0) is 68.0 Å². The van der Waals surface area contributed by atoms with Gasteiger partial charge in [0.05, 0.1) is 11.1 Å². The molecule has 1 aromatic carbocycles. The number of rotatable bonds is 5. The molecule has 1 saturated carbocycles. The lowest BCUT2D eigenvalue weighted by Crippen LogP contribution is -2.48. The quantitative estimate of drug-likeness (QED) is 0.814. The highest BCUT2D eigenvalue weighted by Gasteiger charge is 2.35.